The summed E-state index contributed by atoms with van der Waals surface area (Å²) in [5, 5.41) is 4.50. The quantitative estimate of drug-likeness (QED) is 0.779. The minimum Gasteiger partial charge on any atom is -0.334 e. The number of para-hydroxylation sites is 1. The summed E-state index contributed by atoms with van der Waals surface area (Å²) in [4.78, 5) is 5.01. The van der Waals surface area contributed by atoms with E-state index in [0.717, 1.165) is 18.1 Å². The Kier molecular flexibility index (Phi) is 5.72. The van der Waals surface area contributed by atoms with Crippen molar-refractivity contribution in [3.8, 4) is 0 Å². The number of hydrogen-bond acceptors (Lipinski definition) is 4. The topological polar surface area (TPSA) is 24.4 Å². The van der Waals surface area contributed by atoms with Gasteiger partial charge in [0, 0.05) is 10.1 Å². The molecule has 2 nitrogen and oxygen atoms in total. The largest absolute Gasteiger partial charge is 0.334 e. The van der Waals surface area contributed by atoms with Crippen molar-refractivity contribution in [1.82, 2.24) is 0 Å². The van der Waals surface area contributed by atoms with E-state index < -0.39 is 5.76 Å². The standard InChI is InChI=1S/C14H18F2N2S2/c1-9(2)7-10-8-17-14(19-10)18-11-5-3-4-6-12(11)20-13(15)16/h3-6,9-10,13H,7-8H2,1-2H3,(H,17,18). The van der Waals surface area contributed by atoms with E-state index in [1.54, 1.807) is 23.9 Å². The molecule has 2 rings (SSSR count). The van der Waals surface area contributed by atoms with Gasteiger partial charge in [-0.25, -0.2) is 0 Å². The number of rotatable bonds is 5. The summed E-state index contributed by atoms with van der Waals surface area (Å²) in [6.07, 6.45) is 1.12. The smallest absolute Gasteiger partial charge is 0.288 e. The fourth-order valence-corrected chi connectivity index (χ4v) is 3.88. The molecule has 0 fully saturated rings. The van der Waals surface area contributed by atoms with E-state index in [2.05, 4.69) is 24.2 Å². The number of anilines is 1. The lowest BCUT2D eigenvalue weighted by Crippen LogP contribution is -2.10. The Bertz CT molecular complexity index is 478. The third kappa shape index (κ3) is 4.66. The van der Waals surface area contributed by atoms with Crippen LogP contribution >= 0.6 is 23.5 Å². The number of halogens is 2. The van der Waals surface area contributed by atoms with Crippen molar-refractivity contribution in [3.63, 3.8) is 0 Å². The second-order valence-corrected chi connectivity index (χ2v) is 7.34. The molecule has 0 amide bonds. The molecule has 0 bridgehead atoms. The van der Waals surface area contributed by atoms with E-state index in [-0.39, 0.29) is 0 Å². The molecule has 0 radical (unpaired) electrons. The van der Waals surface area contributed by atoms with Crippen LogP contribution in [0.5, 0.6) is 0 Å². The van der Waals surface area contributed by atoms with Crippen LogP contribution in [0.4, 0.5) is 14.5 Å². The summed E-state index contributed by atoms with van der Waals surface area (Å²) in [6.45, 7) is 5.19. The summed E-state index contributed by atoms with van der Waals surface area (Å²) in [7, 11) is 0. The predicted octanol–water partition coefficient (Wildman–Crippen LogP) is 4.93. The summed E-state index contributed by atoms with van der Waals surface area (Å²) in [5.74, 6) is -1.77. The highest BCUT2D eigenvalue weighted by Crippen LogP contribution is 2.34. The van der Waals surface area contributed by atoms with E-state index in [1.807, 2.05) is 12.1 Å². The van der Waals surface area contributed by atoms with Crippen LogP contribution < -0.4 is 5.32 Å². The van der Waals surface area contributed by atoms with Crippen LogP contribution in [0.25, 0.3) is 0 Å². The zero-order chi connectivity index (χ0) is 14.5. The summed E-state index contributed by atoms with van der Waals surface area (Å²) >= 11 is 2.26. The van der Waals surface area contributed by atoms with Crippen LogP contribution in [0.15, 0.2) is 34.2 Å². The van der Waals surface area contributed by atoms with Crippen molar-refractivity contribution in [2.75, 3.05) is 11.9 Å². The maximum atomic E-state index is 12.5. The molecular formula is C14H18F2N2S2. The van der Waals surface area contributed by atoms with Gasteiger partial charge in [0.2, 0.25) is 0 Å². The van der Waals surface area contributed by atoms with Gasteiger partial charge in [-0.05, 0) is 24.5 Å². The number of thioether (sulfide) groups is 2. The molecule has 0 saturated heterocycles. The van der Waals surface area contributed by atoms with E-state index in [9.17, 15) is 8.78 Å². The Morgan fingerprint density at radius 3 is 2.85 bits per heavy atom. The van der Waals surface area contributed by atoms with Gasteiger partial charge in [0.05, 0.1) is 12.2 Å². The predicted molar refractivity (Wildman–Crippen MR) is 85.1 cm³/mol. The molecule has 0 saturated carbocycles. The van der Waals surface area contributed by atoms with Gasteiger partial charge in [-0.2, -0.15) is 8.78 Å². The average molecular weight is 316 g/mol. The molecule has 20 heavy (non-hydrogen) atoms. The SMILES string of the molecule is CC(C)CC1CN=C(Nc2ccccc2SC(F)F)S1. The van der Waals surface area contributed by atoms with Crippen LogP contribution in [0, 0.1) is 5.92 Å². The molecule has 1 unspecified atom stereocenters. The number of alkyl halides is 2. The number of amidine groups is 1. The van der Waals surface area contributed by atoms with Gasteiger partial charge in [0.1, 0.15) is 0 Å². The van der Waals surface area contributed by atoms with E-state index in [0.29, 0.717) is 33.5 Å². The molecule has 1 heterocycles. The first-order valence-corrected chi connectivity index (χ1v) is 8.32. The number of aliphatic imine (C=N–C) groups is 1. The lowest BCUT2D eigenvalue weighted by molar-refractivity contribution is 0.252. The molecule has 1 aromatic rings. The fourth-order valence-electron chi connectivity index (χ4n) is 2.02. The summed E-state index contributed by atoms with van der Waals surface area (Å²) < 4.78 is 25.0. The van der Waals surface area contributed by atoms with Gasteiger partial charge in [-0.1, -0.05) is 49.5 Å². The number of nitrogens with zero attached hydrogens (tertiary/aromatic N) is 1. The Hall–Kier alpha value is -0.750. The van der Waals surface area contributed by atoms with Crippen LogP contribution in [0.1, 0.15) is 20.3 Å². The maximum Gasteiger partial charge on any atom is 0.288 e. The molecule has 1 aliphatic heterocycles. The molecule has 0 aliphatic carbocycles. The van der Waals surface area contributed by atoms with Crippen molar-refractivity contribution in [3.05, 3.63) is 24.3 Å². The van der Waals surface area contributed by atoms with Gasteiger partial charge in [-0.3, -0.25) is 4.99 Å². The number of benzene rings is 1. The first-order chi connectivity index (χ1) is 9.54. The van der Waals surface area contributed by atoms with Crippen molar-refractivity contribution in [1.29, 1.82) is 0 Å². The van der Waals surface area contributed by atoms with Gasteiger partial charge >= 0.3 is 0 Å². The summed E-state index contributed by atoms with van der Waals surface area (Å²) in [5.41, 5.74) is 0.703. The highest BCUT2D eigenvalue weighted by molar-refractivity contribution is 8.15. The molecule has 0 spiro atoms. The Morgan fingerprint density at radius 1 is 1.40 bits per heavy atom. The molecule has 0 aromatic heterocycles. The van der Waals surface area contributed by atoms with E-state index >= 15 is 0 Å². The zero-order valence-corrected chi connectivity index (χ0v) is 13.1. The van der Waals surface area contributed by atoms with Gasteiger partial charge in [0.25, 0.3) is 5.76 Å². The van der Waals surface area contributed by atoms with Crippen LogP contribution in [-0.4, -0.2) is 22.7 Å². The Labute approximate surface area is 126 Å². The second-order valence-electron chi connectivity index (χ2n) is 5.01. The van der Waals surface area contributed by atoms with Gasteiger partial charge in [0.15, 0.2) is 5.17 Å². The fraction of sp³-hybridized carbons (Fsp3) is 0.500. The van der Waals surface area contributed by atoms with Crippen LogP contribution in [0.3, 0.4) is 0 Å². The third-order valence-corrected chi connectivity index (χ3v) is 4.71. The van der Waals surface area contributed by atoms with Crippen LogP contribution in [-0.2, 0) is 0 Å². The summed E-state index contributed by atoms with van der Waals surface area (Å²) in [6, 6.07) is 7.11. The van der Waals surface area contributed by atoms with Crippen molar-refractivity contribution in [2.24, 2.45) is 10.9 Å². The Morgan fingerprint density at radius 2 is 2.15 bits per heavy atom. The molecule has 1 atom stereocenters. The van der Waals surface area contributed by atoms with Gasteiger partial charge < -0.3 is 5.32 Å². The number of nitrogens with one attached hydrogen (secondary N) is 1. The van der Waals surface area contributed by atoms with E-state index in [4.69, 9.17) is 0 Å². The van der Waals surface area contributed by atoms with Crippen LogP contribution in [0.2, 0.25) is 0 Å². The van der Waals surface area contributed by atoms with E-state index in [1.165, 1.54) is 0 Å². The third-order valence-electron chi connectivity index (χ3n) is 2.80. The average Bonchev–Trinajstić information content (AvgIpc) is 2.77. The molecule has 1 N–H and O–H groups in total. The molecular weight excluding hydrogens is 298 g/mol. The monoisotopic (exact) mass is 316 g/mol. The molecule has 110 valence electrons. The normalized spacial score (nSPS) is 18.7. The van der Waals surface area contributed by atoms with Crippen molar-refractivity contribution in [2.45, 2.75) is 36.2 Å². The second kappa shape index (κ2) is 7.31. The lowest BCUT2D eigenvalue weighted by Gasteiger charge is -2.13. The minimum absolute atomic E-state index is 0.493. The highest BCUT2D eigenvalue weighted by atomic mass is 32.2. The molecule has 1 aliphatic rings. The lowest BCUT2D eigenvalue weighted by atomic mass is 10.1. The van der Waals surface area contributed by atoms with Crippen molar-refractivity contribution >= 4 is 34.4 Å². The first kappa shape index (κ1) is 15.6. The Balaban J connectivity index is 1.97. The maximum absolute atomic E-state index is 12.5. The van der Waals surface area contributed by atoms with Gasteiger partial charge in [-0.15, -0.1) is 0 Å². The first-order valence-electron chi connectivity index (χ1n) is 6.56. The minimum atomic E-state index is -2.41. The van der Waals surface area contributed by atoms with Crippen molar-refractivity contribution < 1.29 is 8.78 Å². The highest BCUT2D eigenvalue weighted by Gasteiger charge is 2.21. The zero-order valence-electron chi connectivity index (χ0n) is 11.5. The molecule has 1 aromatic carbocycles. The number of hydrogen-bond donors (Lipinski definition) is 1. The molecule has 6 heteroatoms.